The summed E-state index contributed by atoms with van der Waals surface area (Å²) in [4.78, 5) is 0. The van der Waals surface area contributed by atoms with Crippen LogP contribution in [0, 0.1) is 5.92 Å². The third-order valence-corrected chi connectivity index (χ3v) is 4.36. The molecule has 0 aromatic rings. The molecular formula is C10H19F3N2O2S. The number of rotatable bonds is 6. The van der Waals surface area contributed by atoms with E-state index < -0.39 is 28.4 Å². The Balaban J connectivity index is 2.22. The zero-order valence-corrected chi connectivity index (χ0v) is 10.9. The van der Waals surface area contributed by atoms with E-state index in [1.165, 1.54) is 0 Å². The van der Waals surface area contributed by atoms with Gasteiger partial charge in [0.2, 0.25) is 10.0 Å². The molecule has 0 spiro atoms. The van der Waals surface area contributed by atoms with E-state index in [2.05, 4.69) is 10.0 Å². The van der Waals surface area contributed by atoms with Gasteiger partial charge in [-0.05, 0) is 38.3 Å². The van der Waals surface area contributed by atoms with E-state index in [4.69, 9.17) is 0 Å². The first kappa shape index (κ1) is 15.7. The second kappa shape index (κ2) is 6.72. The molecule has 0 amide bonds. The Bertz CT molecular complexity index is 338. The van der Waals surface area contributed by atoms with Gasteiger partial charge in [-0.25, -0.2) is 13.1 Å². The maximum Gasteiger partial charge on any atom is 0.389 e. The fourth-order valence-electron chi connectivity index (χ4n) is 1.87. The summed E-state index contributed by atoms with van der Waals surface area (Å²) < 4.78 is 61.0. The molecule has 0 radical (unpaired) electrons. The van der Waals surface area contributed by atoms with Crippen molar-refractivity contribution in [1.82, 2.24) is 10.0 Å². The van der Waals surface area contributed by atoms with Gasteiger partial charge in [0.05, 0.1) is 5.75 Å². The first-order chi connectivity index (χ1) is 8.29. The van der Waals surface area contributed by atoms with Crippen molar-refractivity contribution < 1.29 is 21.6 Å². The highest BCUT2D eigenvalue weighted by Crippen LogP contribution is 2.21. The van der Waals surface area contributed by atoms with Crippen LogP contribution in [0.3, 0.4) is 0 Å². The number of nitrogens with one attached hydrogen (secondary N) is 2. The molecule has 0 aromatic carbocycles. The Morgan fingerprint density at radius 1 is 1.22 bits per heavy atom. The van der Waals surface area contributed by atoms with E-state index in [9.17, 15) is 21.6 Å². The van der Waals surface area contributed by atoms with Crippen molar-refractivity contribution in [3.63, 3.8) is 0 Å². The number of hydrogen-bond donors (Lipinski definition) is 2. The monoisotopic (exact) mass is 288 g/mol. The van der Waals surface area contributed by atoms with Gasteiger partial charge in [0.15, 0.2) is 0 Å². The Morgan fingerprint density at radius 2 is 1.83 bits per heavy atom. The molecule has 0 saturated carbocycles. The van der Waals surface area contributed by atoms with Gasteiger partial charge in [0.1, 0.15) is 0 Å². The molecule has 8 heteroatoms. The summed E-state index contributed by atoms with van der Waals surface area (Å²) >= 11 is 0. The quantitative estimate of drug-likeness (QED) is 0.773. The number of sulfonamides is 1. The predicted molar refractivity (Wildman–Crippen MR) is 62.7 cm³/mol. The normalized spacial score (nSPS) is 19.1. The Kier molecular flexibility index (Phi) is 5.87. The molecule has 0 unspecified atom stereocenters. The van der Waals surface area contributed by atoms with Gasteiger partial charge >= 0.3 is 6.18 Å². The van der Waals surface area contributed by atoms with E-state index in [0.717, 1.165) is 25.9 Å². The van der Waals surface area contributed by atoms with Gasteiger partial charge in [-0.15, -0.1) is 0 Å². The third-order valence-electron chi connectivity index (χ3n) is 2.92. The zero-order chi connectivity index (χ0) is 13.6. The van der Waals surface area contributed by atoms with E-state index in [-0.39, 0.29) is 12.3 Å². The standard InChI is InChI=1S/C10H19F3N2O2S/c11-10(12,13)4-1-7-18(16,17)15-8-9-2-5-14-6-3-9/h9,14-15H,1-8H2. The number of piperidine rings is 1. The van der Waals surface area contributed by atoms with Crippen LogP contribution in [0.1, 0.15) is 25.7 Å². The van der Waals surface area contributed by atoms with Crippen LogP contribution in [0.5, 0.6) is 0 Å². The molecule has 0 aliphatic carbocycles. The summed E-state index contributed by atoms with van der Waals surface area (Å²) in [7, 11) is -3.57. The van der Waals surface area contributed by atoms with E-state index in [1.807, 2.05) is 0 Å². The van der Waals surface area contributed by atoms with Gasteiger partial charge in [-0.2, -0.15) is 13.2 Å². The highest BCUT2D eigenvalue weighted by atomic mass is 32.2. The largest absolute Gasteiger partial charge is 0.389 e. The molecule has 0 aromatic heterocycles. The summed E-state index contributed by atoms with van der Waals surface area (Å²) in [6, 6.07) is 0. The molecule has 1 fully saturated rings. The molecule has 0 bridgehead atoms. The SMILES string of the molecule is O=S(=O)(CCCC(F)(F)F)NCC1CCNCC1. The maximum atomic E-state index is 11.9. The van der Waals surface area contributed by atoms with Crippen LogP contribution >= 0.6 is 0 Å². The summed E-state index contributed by atoms with van der Waals surface area (Å²) in [5, 5.41) is 3.16. The minimum absolute atomic E-state index is 0.281. The Morgan fingerprint density at radius 3 is 2.39 bits per heavy atom. The third kappa shape index (κ3) is 7.17. The summed E-state index contributed by atoms with van der Waals surface area (Å²) in [5.41, 5.74) is 0. The van der Waals surface area contributed by atoms with Crippen LogP contribution in [0.4, 0.5) is 13.2 Å². The maximum absolute atomic E-state index is 11.9. The fraction of sp³-hybridized carbons (Fsp3) is 1.00. The molecule has 1 aliphatic rings. The second-order valence-electron chi connectivity index (χ2n) is 4.58. The minimum atomic E-state index is -4.29. The number of hydrogen-bond acceptors (Lipinski definition) is 3. The van der Waals surface area contributed by atoms with Gasteiger partial charge < -0.3 is 5.32 Å². The van der Waals surface area contributed by atoms with E-state index in [0.29, 0.717) is 6.54 Å². The van der Waals surface area contributed by atoms with Crippen molar-refractivity contribution in [3.05, 3.63) is 0 Å². The van der Waals surface area contributed by atoms with Crippen molar-refractivity contribution in [3.8, 4) is 0 Å². The average molecular weight is 288 g/mol. The van der Waals surface area contributed by atoms with Gasteiger partial charge in [-0.3, -0.25) is 0 Å². The van der Waals surface area contributed by atoms with Crippen LogP contribution < -0.4 is 10.0 Å². The Hall–Kier alpha value is -0.340. The fourth-order valence-corrected chi connectivity index (χ4v) is 3.02. The molecular weight excluding hydrogens is 269 g/mol. The predicted octanol–water partition coefficient (Wildman–Crippen LogP) is 1.25. The first-order valence-corrected chi connectivity index (χ1v) is 7.68. The lowest BCUT2D eigenvalue weighted by molar-refractivity contribution is -0.134. The molecule has 0 atom stereocenters. The summed E-state index contributed by atoms with van der Waals surface area (Å²) in [6.07, 6.45) is -3.94. The Labute approximate surface area is 105 Å². The lowest BCUT2D eigenvalue weighted by Crippen LogP contribution is -2.36. The second-order valence-corrected chi connectivity index (χ2v) is 6.51. The van der Waals surface area contributed by atoms with Crippen LogP contribution in [0.25, 0.3) is 0 Å². The molecule has 2 N–H and O–H groups in total. The van der Waals surface area contributed by atoms with Crippen molar-refractivity contribution in [2.75, 3.05) is 25.4 Å². The van der Waals surface area contributed by atoms with E-state index in [1.54, 1.807) is 0 Å². The lowest BCUT2D eigenvalue weighted by Gasteiger charge is -2.22. The van der Waals surface area contributed by atoms with Gasteiger partial charge in [0, 0.05) is 13.0 Å². The average Bonchev–Trinajstić information content (AvgIpc) is 2.26. The van der Waals surface area contributed by atoms with Crippen LogP contribution in [0.15, 0.2) is 0 Å². The van der Waals surface area contributed by atoms with Crippen molar-refractivity contribution in [2.24, 2.45) is 5.92 Å². The first-order valence-electron chi connectivity index (χ1n) is 6.03. The van der Waals surface area contributed by atoms with Crippen molar-refractivity contribution in [1.29, 1.82) is 0 Å². The summed E-state index contributed by atoms with van der Waals surface area (Å²) in [5.74, 6) is -0.180. The van der Waals surface area contributed by atoms with Crippen LogP contribution in [-0.2, 0) is 10.0 Å². The molecule has 4 nitrogen and oxygen atoms in total. The zero-order valence-electron chi connectivity index (χ0n) is 10.1. The molecule has 1 rings (SSSR count). The molecule has 18 heavy (non-hydrogen) atoms. The molecule has 1 saturated heterocycles. The lowest BCUT2D eigenvalue weighted by atomic mass is 9.99. The number of alkyl halides is 3. The van der Waals surface area contributed by atoms with E-state index >= 15 is 0 Å². The van der Waals surface area contributed by atoms with Gasteiger partial charge in [-0.1, -0.05) is 0 Å². The van der Waals surface area contributed by atoms with Crippen LogP contribution in [-0.4, -0.2) is 40.0 Å². The smallest absolute Gasteiger partial charge is 0.317 e. The molecule has 1 heterocycles. The number of halogens is 3. The molecule has 1 aliphatic heterocycles. The van der Waals surface area contributed by atoms with Crippen molar-refractivity contribution in [2.45, 2.75) is 31.9 Å². The minimum Gasteiger partial charge on any atom is -0.317 e. The highest BCUT2D eigenvalue weighted by Gasteiger charge is 2.27. The highest BCUT2D eigenvalue weighted by molar-refractivity contribution is 7.89. The summed E-state index contributed by atoms with van der Waals surface area (Å²) in [6.45, 7) is 2.05. The topological polar surface area (TPSA) is 58.2 Å². The van der Waals surface area contributed by atoms with Crippen molar-refractivity contribution >= 4 is 10.0 Å². The van der Waals surface area contributed by atoms with Gasteiger partial charge in [0.25, 0.3) is 0 Å². The molecule has 108 valence electrons. The van der Waals surface area contributed by atoms with Crippen LogP contribution in [0.2, 0.25) is 0 Å².